The molecule has 0 aliphatic carbocycles. The lowest BCUT2D eigenvalue weighted by atomic mass is 10.1. The molecule has 0 bridgehead atoms. The van der Waals surface area contributed by atoms with E-state index in [0.717, 1.165) is 5.69 Å². The fourth-order valence-electron chi connectivity index (χ4n) is 2.93. The second-order valence-electron chi connectivity index (χ2n) is 6.57. The van der Waals surface area contributed by atoms with Crippen LogP contribution in [0.25, 0.3) is 11.0 Å². The van der Waals surface area contributed by atoms with Gasteiger partial charge in [-0.2, -0.15) is 0 Å². The summed E-state index contributed by atoms with van der Waals surface area (Å²) in [6.45, 7) is 1.97. The molecule has 142 valence electrons. The molecule has 27 heavy (non-hydrogen) atoms. The predicted octanol–water partition coefficient (Wildman–Crippen LogP) is 1.85. The van der Waals surface area contributed by atoms with Crippen molar-refractivity contribution < 1.29 is 19.1 Å². The number of hydrogen-bond donors (Lipinski definition) is 1. The van der Waals surface area contributed by atoms with Gasteiger partial charge >= 0.3 is 11.7 Å². The van der Waals surface area contributed by atoms with Gasteiger partial charge in [-0.25, -0.2) is 9.59 Å². The minimum atomic E-state index is -0.917. The summed E-state index contributed by atoms with van der Waals surface area (Å²) in [6.07, 6.45) is 1.99. The third kappa shape index (κ3) is 4.11. The number of nitrogens with zero attached hydrogens (tertiary/aromatic N) is 3. The van der Waals surface area contributed by atoms with Gasteiger partial charge in [0.25, 0.3) is 0 Å². The molecule has 2 heterocycles. The molecule has 1 amide bonds. The van der Waals surface area contributed by atoms with E-state index >= 15 is 0 Å². The average molecular weight is 371 g/mol. The van der Waals surface area contributed by atoms with Crippen LogP contribution in [0.5, 0.6) is 0 Å². The highest BCUT2D eigenvalue weighted by Gasteiger charge is 2.21. The third-order valence-electron chi connectivity index (χ3n) is 4.42. The molecular weight excluding hydrogens is 350 g/mol. The van der Waals surface area contributed by atoms with Crippen molar-refractivity contribution in [1.82, 2.24) is 9.80 Å². The zero-order chi connectivity index (χ0) is 19.6. The number of carboxylic acid groups (broad SMARTS) is 1. The van der Waals surface area contributed by atoms with Crippen LogP contribution in [0, 0.1) is 0 Å². The van der Waals surface area contributed by atoms with Gasteiger partial charge in [-0.15, -0.1) is 0 Å². The minimum Gasteiger partial charge on any atom is -0.465 e. The van der Waals surface area contributed by atoms with E-state index in [-0.39, 0.29) is 5.56 Å². The number of carbonyl (C=O) groups is 2. The maximum Gasteiger partial charge on any atom is 0.407 e. The third-order valence-corrected chi connectivity index (χ3v) is 4.42. The number of amides is 1. The smallest absolute Gasteiger partial charge is 0.407 e. The lowest BCUT2D eigenvalue weighted by molar-refractivity contribution is 0.104. The van der Waals surface area contributed by atoms with Crippen molar-refractivity contribution in [3.8, 4) is 0 Å². The summed E-state index contributed by atoms with van der Waals surface area (Å²) in [5, 5.41) is 9.69. The summed E-state index contributed by atoms with van der Waals surface area (Å²) in [6, 6.07) is 6.96. The summed E-state index contributed by atoms with van der Waals surface area (Å²) in [5.74, 6) is -0.409. The highest BCUT2D eigenvalue weighted by Crippen LogP contribution is 2.23. The van der Waals surface area contributed by atoms with E-state index in [1.165, 1.54) is 17.0 Å². The van der Waals surface area contributed by atoms with Crippen molar-refractivity contribution in [2.24, 2.45) is 0 Å². The maximum atomic E-state index is 12.2. The van der Waals surface area contributed by atoms with E-state index in [1.807, 2.05) is 11.0 Å². The van der Waals surface area contributed by atoms with E-state index in [1.54, 1.807) is 37.3 Å². The lowest BCUT2D eigenvalue weighted by Crippen LogP contribution is -2.48. The molecule has 0 saturated carbocycles. The zero-order valence-corrected chi connectivity index (χ0v) is 15.2. The summed E-state index contributed by atoms with van der Waals surface area (Å²) < 4.78 is 5.36. The van der Waals surface area contributed by atoms with Crippen LogP contribution in [0.15, 0.2) is 45.8 Å². The molecule has 8 nitrogen and oxygen atoms in total. The number of allylic oxidation sites excluding steroid dienone is 1. The van der Waals surface area contributed by atoms with Crippen molar-refractivity contribution in [1.29, 1.82) is 0 Å². The summed E-state index contributed by atoms with van der Waals surface area (Å²) in [7, 11) is 3.56. The van der Waals surface area contributed by atoms with E-state index < -0.39 is 17.5 Å². The van der Waals surface area contributed by atoms with Gasteiger partial charge in [0, 0.05) is 69.7 Å². The maximum absolute atomic E-state index is 12.2. The van der Waals surface area contributed by atoms with Gasteiger partial charge in [0.05, 0.1) is 0 Å². The van der Waals surface area contributed by atoms with Crippen LogP contribution >= 0.6 is 0 Å². The van der Waals surface area contributed by atoms with Gasteiger partial charge in [0.1, 0.15) is 11.1 Å². The van der Waals surface area contributed by atoms with Crippen molar-refractivity contribution in [2.75, 3.05) is 45.2 Å². The first-order valence-corrected chi connectivity index (χ1v) is 8.55. The Hall–Kier alpha value is -3.29. The Morgan fingerprint density at radius 1 is 1.15 bits per heavy atom. The number of ketones is 1. The summed E-state index contributed by atoms with van der Waals surface area (Å²) in [5.41, 5.74) is 0.556. The van der Waals surface area contributed by atoms with Crippen LogP contribution in [-0.4, -0.2) is 67.1 Å². The molecule has 8 heteroatoms. The number of benzene rings is 1. The zero-order valence-electron chi connectivity index (χ0n) is 15.2. The van der Waals surface area contributed by atoms with Crippen LogP contribution in [-0.2, 0) is 0 Å². The van der Waals surface area contributed by atoms with Gasteiger partial charge in [-0.3, -0.25) is 4.79 Å². The Balaban J connectivity index is 1.85. The van der Waals surface area contributed by atoms with Gasteiger partial charge in [-0.1, -0.05) is 0 Å². The number of rotatable bonds is 4. The second-order valence-corrected chi connectivity index (χ2v) is 6.57. The normalized spacial score (nSPS) is 14.7. The van der Waals surface area contributed by atoms with Crippen molar-refractivity contribution in [3.63, 3.8) is 0 Å². The molecule has 1 aliphatic heterocycles. The lowest BCUT2D eigenvalue weighted by Gasteiger charge is -2.34. The highest BCUT2D eigenvalue weighted by molar-refractivity contribution is 6.05. The highest BCUT2D eigenvalue weighted by atomic mass is 16.4. The fraction of sp³-hybridized carbons (Fsp3) is 0.316. The standard InChI is InChI=1S/C19H21N3O5/c1-20(2)6-5-16(23)15-11-13-3-4-14(12-17(13)27-18(15)24)21-7-9-22(10-8-21)19(25)26/h3-6,11-12H,7-10H2,1-2H3,(H,25,26). The Morgan fingerprint density at radius 2 is 1.85 bits per heavy atom. The molecule has 0 spiro atoms. The molecule has 1 fully saturated rings. The average Bonchev–Trinajstić information content (AvgIpc) is 2.65. The van der Waals surface area contributed by atoms with E-state index in [2.05, 4.69) is 0 Å². The first-order chi connectivity index (χ1) is 12.8. The van der Waals surface area contributed by atoms with Crippen LogP contribution in [0.1, 0.15) is 10.4 Å². The van der Waals surface area contributed by atoms with E-state index in [4.69, 9.17) is 9.52 Å². The van der Waals surface area contributed by atoms with Crippen LogP contribution < -0.4 is 10.5 Å². The number of carbonyl (C=O) groups excluding carboxylic acids is 1. The molecular formula is C19H21N3O5. The fourth-order valence-corrected chi connectivity index (χ4v) is 2.93. The molecule has 1 aromatic carbocycles. The molecule has 3 rings (SSSR count). The number of hydrogen-bond acceptors (Lipinski definition) is 6. The summed E-state index contributed by atoms with van der Waals surface area (Å²) in [4.78, 5) is 40.5. The molecule has 1 aromatic heterocycles. The number of fused-ring (bicyclic) bond motifs is 1. The first kappa shape index (κ1) is 18.5. The van der Waals surface area contributed by atoms with Gasteiger partial charge in [-0.05, 0) is 18.2 Å². The van der Waals surface area contributed by atoms with Crippen LogP contribution in [0.4, 0.5) is 10.5 Å². The van der Waals surface area contributed by atoms with Crippen LogP contribution in [0.2, 0.25) is 0 Å². The molecule has 1 saturated heterocycles. The molecule has 1 N–H and O–H groups in total. The molecule has 0 atom stereocenters. The van der Waals surface area contributed by atoms with Gasteiger partial charge < -0.3 is 24.2 Å². The topological polar surface area (TPSA) is 94.3 Å². The van der Waals surface area contributed by atoms with E-state index in [9.17, 15) is 14.4 Å². The Labute approximate surface area is 155 Å². The van der Waals surface area contributed by atoms with Gasteiger partial charge in [0.2, 0.25) is 0 Å². The Kier molecular flexibility index (Phi) is 5.16. The molecule has 2 aromatic rings. The second kappa shape index (κ2) is 7.53. The molecule has 0 unspecified atom stereocenters. The monoisotopic (exact) mass is 371 g/mol. The van der Waals surface area contributed by atoms with Crippen molar-refractivity contribution in [2.45, 2.75) is 0 Å². The van der Waals surface area contributed by atoms with Crippen molar-refractivity contribution >= 4 is 28.5 Å². The van der Waals surface area contributed by atoms with Gasteiger partial charge in [0.15, 0.2) is 5.78 Å². The molecule has 0 radical (unpaired) electrons. The Morgan fingerprint density at radius 3 is 2.48 bits per heavy atom. The minimum absolute atomic E-state index is 0.0107. The van der Waals surface area contributed by atoms with Crippen LogP contribution in [0.3, 0.4) is 0 Å². The largest absolute Gasteiger partial charge is 0.465 e. The Bertz CT molecular complexity index is 955. The number of piperazine rings is 1. The quantitative estimate of drug-likeness (QED) is 0.498. The molecule has 1 aliphatic rings. The first-order valence-electron chi connectivity index (χ1n) is 8.55. The predicted molar refractivity (Wildman–Crippen MR) is 101 cm³/mol. The number of anilines is 1. The van der Waals surface area contributed by atoms with Crippen molar-refractivity contribution in [3.05, 3.63) is 52.5 Å². The SMILES string of the molecule is CN(C)C=CC(=O)c1cc2ccc(N3CCN(C(=O)O)CC3)cc2oc1=O. The van der Waals surface area contributed by atoms with E-state index in [0.29, 0.717) is 37.1 Å². The summed E-state index contributed by atoms with van der Waals surface area (Å²) >= 11 is 0.